The van der Waals surface area contributed by atoms with E-state index in [9.17, 15) is 0 Å². The fraction of sp³-hybridized carbons (Fsp3) is 1.00. The van der Waals surface area contributed by atoms with Gasteiger partial charge in [-0.2, -0.15) is 0 Å². The first-order chi connectivity index (χ1) is 7.33. The minimum absolute atomic E-state index is 0.487. The van der Waals surface area contributed by atoms with Crippen molar-refractivity contribution in [2.24, 2.45) is 29.4 Å². The molecule has 2 aliphatic carbocycles. The van der Waals surface area contributed by atoms with Crippen molar-refractivity contribution in [2.75, 3.05) is 13.2 Å². The largest absolute Gasteiger partial charge is 0.381 e. The van der Waals surface area contributed by atoms with Crippen LogP contribution in [0.3, 0.4) is 0 Å². The lowest BCUT2D eigenvalue weighted by molar-refractivity contribution is 0.0596. The van der Waals surface area contributed by atoms with Gasteiger partial charge in [-0.25, -0.2) is 0 Å². The Balaban J connectivity index is 1.45. The number of fused-ring (bicyclic) bond motifs is 1. The summed E-state index contributed by atoms with van der Waals surface area (Å²) in [5.74, 6) is 3.87. The second kappa shape index (κ2) is 4.06. The molecule has 3 rings (SSSR count). The van der Waals surface area contributed by atoms with E-state index < -0.39 is 0 Å². The van der Waals surface area contributed by atoms with Gasteiger partial charge >= 0.3 is 0 Å². The SMILES string of the molecule is NC(CC1CCOCC1)C1CC2CC2C1. The van der Waals surface area contributed by atoms with Gasteiger partial charge in [0.2, 0.25) is 0 Å². The highest BCUT2D eigenvalue weighted by molar-refractivity contribution is 4.98. The second-order valence-corrected chi connectivity index (χ2v) is 5.94. The van der Waals surface area contributed by atoms with E-state index in [4.69, 9.17) is 10.5 Å². The Kier molecular flexibility index (Phi) is 2.73. The van der Waals surface area contributed by atoms with Crippen LogP contribution in [0.25, 0.3) is 0 Å². The minimum atomic E-state index is 0.487. The van der Waals surface area contributed by atoms with Crippen LogP contribution in [-0.2, 0) is 4.74 Å². The second-order valence-electron chi connectivity index (χ2n) is 5.94. The van der Waals surface area contributed by atoms with Crippen molar-refractivity contribution in [1.29, 1.82) is 0 Å². The zero-order valence-electron chi connectivity index (χ0n) is 9.53. The fourth-order valence-corrected chi connectivity index (χ4v) is 3.67. The molecule has 1 saturated heterocycles. The maximum atomic E-state index is 6.35. The third-order valence-corrected chi connectivity index (χ3v) is 4.83. The molecule has 3 atom stereocenters. The standard InChI is InChI=1S/C13H23NO/c14-13(5-9-1-3-15-4-2-9)12-7-10-6-11(10)8-12/h9-13H,1-8,14H2. The van der Waals surface area contributed by atoms with Crippen LogP contribution < -0.4 is 5.73 Å². The molecule has 0 aromatic rings. The lowest BCUT2D eigenvalue weighted by Crippen LogP contribution is -2.33. The van der Waals surface area contributed by atoms with E-state index >= 15 is 0 Å². The molecule has 3 aliphatic rings. The van der Waals surface area contributed by atoms with Gasteiger partial charge in [0.05, 0.1) is 0 Å². The number of hydrogen-bond acceptors (Lipinski definition) is 2. The molecule has 0 spiro atoms. The third kappa shape index (κ3) is 2.21. The Morgan fingerprint density at radius 3 is 2.40 bits per heavy atom. The van der Waals surface area contributed by atoms with Crippen molar-refractivity contribution in [2.45, 2.75) is 44.6 Å². The average Bonchev–Trinajstić information content (AvgIpc) is 2.87. The summed E-state index contributed by atoms with van der Waals surface area (Å²) in [6.45, 7) is 1.93. The molecule has 0 aromatic carbocycles. The Morgan fingerprint density at radius 2 is 1.73 bits per heavy atom. The Morgan fingerprint density at radius 1 is 1.07 bits per heavy atom. The molecular formula is C13H23NO. The van der Waals surface area contributed by atoms with E-state index in [-0.39, 0.29) is 0 Å². The fourth-order valence-electron chi connectivity index (χ4n) is 3.67. The quantitative estimate of drug-likeness (QED) is 0.773. The topological polar surface area (TPSA) is 35.2 Å². The molecule has 2 heteroatoms. The van der Waals surface area contributed by atoms with Crippen molar-refractivity contribution in [3.05, 3.63) is 0 Å². The zero-order chi connectivity index (χ0) is 10.3. The number of hydrogen-bond donors (Lipinski definition) is 1. The van der Waals surface area contributed by atoms with Gasteiger partial charge in [-0.15, -0.1) is 0 Å². The molecule has 3 unspecified atom stereocenters. The van der Waals surface area contributed by atoms with Crippen LogP contribution in [0.15, 0.2) is 0 Å². The smallest absolute Gasteiger partial charge is 0.0468 e. The highest BCUT2D eigenvalue weighted by Gasteiger charge is 2.47. The molecule has 2 N–H and O–H groups in total. The number of ether oxygens (including phenoxy) is 1. The lowest BCUT2D eigenvalue weighted by atomic mass is 9.85. The average molecular weight is 209 g/mol. The van der Waals surface area contributed by atoms with E-state index in [2.05, 4.69) is 0 Å². The van der Waals surface area contributed by atoms with Crippen LogP contribution >= 0.6 is 0 Å². The van der Waals surface area contributed by atoms with Gasteiger partial charge in [0.1, 0.15) is 0 Å². The Bertz CT molecular complexity index is 215. The summed E-state index contributed by atoms with van der Waals surface area (Å²) in [6.07, 6.45) is 8.14. The first-order valence-corrected chi connectivity index (χ1v) is 6.66. The van der Waals surface area contributed by atoms with Crippen LogP contribution in [0.2, 0.25) is 0 Å². The van der Waals surface area contributed by atoms with Gasteiger partial charge in [-0.1, -0.05) is 0 Å². The van der Waals surface area contributed by atoms with E-state index in [1.54, 1.807) is 0 Å². The zero-order valence-corrected chi connectivity index (χ0v) is 9.53. The molecule has 1 heterocycles. The molecule has 0 bridgehead atoms. The van der Waals surface area contributed by atoms with E-state index in [1.807, 2.05) is 0 Å². The summed E-state index contributed by atoms with van der Waals surface area (Å²) in [5, 5.41) is 0. The maximum Gasteiger partial charge on any atom is 0.0468 e. The van der Waals surface area contributed by atoms with Gasteiger partial charge < -0.3 is 10.5 Å². The molecule has 15 heavy (non-hydrogen) atoms. The molecule has 0 amide bonds. The van der Waals surface area contributed by atoms with E-state index in [0.717, 1.165) is 36.9 Å². The van der Waals surface area contributed by atoms with Crippen LogP contribution in [0, 0.1) is 23.7 Å². The first kappa shape index (κ1) is 10.1. The molecule has 2 saturated carbocycles. The van der Waals surface area contributed by atoms with E-state index in [1.165, 1.54) is 38.5 Å². The van der Waals surface area contributed by atoms with Crippen molar-refractivity contribution < 1.29 is 4.74 Å². The summed E-state index contributed by atoms with van der Waals surface area (Å²) in [7, 11) is 0. The first-order valence-electron chi connectivity index (χ1n) is 6.66. The molecule has 86 valence electrons. The number of rotatable bonds is 3. The summed E-state index contributed by atoms with van der Waals surface area (Å²) in [5.41, 5.74) is 6.35. The van der Waals surface area contributed by atoms with Gasteiger partial charge in [0.15, 0.2) is 0 Å². The third-order valence-electron chi connectivity index (χ3n) is 4.83. The molecule has 0 radical (unpaired) electrons. The maximum absolute atomic E-state index is 6.35. The minimum Gasteiger partial charge on any atom is -0.381 e. The highest BCUT2D eigenvalue weighted by atomic mass is 16.5. The van der Waals surface area contributed by atoms with Crippen LogP contribution in [-0.4, -0.2) is 19.3 Å². The summed E-state index contributed by atoms with van der Waals surface area (Å²) in [4.78, 5) is 0. The molecule has 2 nitrogen and oxygen atoms in total. The normalized spacial score (nSPS) is 42.6. The summed E-state index contributed by atoms with van der Waals surface area (Å²) >= 11 is 0. The van der Waals surface area contributed by atoms with Crippen molar-refractivity contribution in [3.63, 3.8) is 0 Å². The molecule has 0 aromatic heterocycles. The highest BCUT2D eigenvalue weighted by Crippen LogP contribution is 2.55. The van der Waals surface area contributed by atoms with Crippen LogP contribution in [0.4, 0.5) is 0 Å². The molecular weight excluding hydrogens is 186 g/mol. The predicted octanol–water partition coefficient (Wildman–Crippen LogP) is 2.18. The Hall–Kier alpha value is -0.0800. The van der Waals surface area contributed by atoms with Crippen molar-refractivity contribution in [1.82, 2.24) is 0 Å². The van der Waals surface area contributed by atoms with Gasteiger partial charge in [-0.3, -0.25) is 0 Å². The monoisotopic (exact) mass is 209 g/mol. The molecule has 3 fully saturated rings. The number of nitrogens with two attached hydrogens (primary N) is 1. The van der Waals surface area contributed by atoms with Gasteiger partial charge in [0.25, 0.3) is 0 Å². The van der Waals surface area contributed by atoms with Crippen LogP contribution in [0.1, 0.15) is 38.5 Å². The Labute approximate surface area is 92.6 Å². The predicted molar refractivity (Wildman–Crippen MR) is 60.5 cm³/mol. The van der Waals surface area contributed by atoms with E-state index in [0.29, 0.717) is 6.04 Å². The van der Waals surface area contributed by atoms with Gasteiger partial charge in [-0.05, 0) is 62.2 Å². The summed E-state index contributed by atoms with van der Waals surface area (Å²) < 4.78 is 5.39. The van der Waals surface area contributed by atoms with Crippen LogP contribution in [0.5, 0.6) is 0 Å². The van der Waals surface area contributed by atoms with Crippen molar-refractivity contribution in [3.8, 4) is 0 Å². The summed E-state index contributed by atoms with van der Waals surface area (Å²) in [6, 6.07) is 0.487. The van der Waals surface area contributed by atoms with Crippen molar-refractivity contribution >= 4 is 0 Å². The van der Waals surface area contributed by atoms with Gasteiger partial charge in [0, 0.05) is 19.3 Å². The molecule has 1 aliphatic heterocycles. The lowest BCUT2D eigenvalue weighted by Gasteiger charge is -2.28.